The first-order valence-corrected chi connectivity index (χ1v) is 5.85. The fourth-order valence-electron chi connectivity index (χ4n) is 1.80. The predicted molar refractivity (Wildman–Crippen MR) is 71.4 cm³/mol. The zero-order valence-corrected chi connectivity index (χ0v) is 10.5. The lowest BCUT2D eigenvalue weighted by atomic mass is 10.1. The number of hydrogen-bond acceptors (Lipinski definition) is 2. The molecule has 2 aromatic carbocycles. The standard InChI is InChI=1S/C15H16FNO/c1-11(12-6-4-3-5-7-12)17-15-10-13(18-2)8-9-14(15)16/h3-11,17H,1-2H3. The number of halogens is 1. The molecule has 0 aliphatic heterocycles. The molecule has 3 heteroatoms. The Kier molecular flexibility index (Phi) is 3.82. The van der Waals surface area contributed by atoms with Crippen molar-refractivity contribution >= 4 is 5.69 Å². The monoisotopic (exact) mass is 245 g/mol. The van der Waals surface area contributed by atoms with E-state index in [1.165, 1.54) is 6.07 Å². The Balaban J connectivity index is 2.18. The lowest BCUT2D eigenvalue weighted by Crippen LogP contribution is -2.07. The van der Waals surface area contributed by atoms with Crippen molar-refractivity contribution in [2.45, 2.75) is 13.0 Å². The van der Waals surface area contributed by atoms with Crippen LogP contribution < -0.4 is 10.1 Å². The molecule has 0 aliphatic rings. The van der Waals surface area contributed by atoms with Crippen LogP contribution in [0.25, 0.3) is 0 Å². The summed E-state index contributed by atoms with van der Waals surface area (Å²) in [6.07, 6.45) is 0. The molecule has 1 N–H and O–H groups in total. The van der Waals surface area contributed by atoms with Gasteiger partial charge in [0.15, 0.2) is 0 Å². The van der Waals surface area contributed by atoms with E-state index in [9.17, 15) is 4.39 Å². The molecule has 0 saturated heterocycles. The van der Waals surface area contributed by atoms with Crippen LogP contribution in [0.2, 0.25) is 0 Å². The van der Waals surface area contributed by atoms with Crippen molar-refractivity contribution in [2.75, 3.05) is 12.4 Å². The Morgan fingerprint density at radius 2 is 1.83 bits per heavy atom. The van der Waals surface area contributed by atoms with E-state index in [1.54, 1.807) is 19.2 Å². The SMILES string of the molecule is COc1ccc(F)c(NC(C)c2ccccc2)c1. The van der Waals surface area contributed by atoms with Crippen LogP contribution in [0, 0.1) is 5.82 Å². The molecular formula is C15H16FNO. The minimum atomic E-state index is -0.279. The van der Waals surface area contributed by atoms with E-state index in [0.717, 1.165) is 5.56 Å². The van der Waals surface area contributed by atoms with Gasteiger partial charge in [-0.1, -0.05) is 30.3 Å². The summed E-state index contributed by atoms with van der Waals surface area (Å²) < 4.78 is 18.8. The van der Waals surface area contributed by atoms with Gasteiger partial charge in [0, 0.05) is 12.1 Å². The third-order valence-corrected chi connectivity index (χ3v) is 2.85. The van der Waals surface area contributed by atoms with Gasteiger partial charge >= 0.3 is 0 Å². The second-order valence-corrected chi connectivity index (χ2v) is 4.12. The maximum absolute atomic E-state index is 13.7. The highest BCUT2D eigenvalue weighted by molar-refractivity contribution is 5.51. The molecule has 1 atom stereocenters. The van der Waals surface area contributed by atoms with Crippen molar-refractivity contribution in [1.29, 1.82) is 0 Å². The van der Waals surface area contributed by atoms with Crippen LogP contribution in [0.3, 0.4) is 0 Å². The highest BCUT2D eigenvalue weighted by Crippen LogP contribution is 2.25. The largest absolute Gasteiger partial charge is 0.497 e. The number of ether oxygens (including phenoxy) is 1. The van der Waals surface area contributed by atoms with Gasteiger partial charge < -0.3 is 10.1 Å². The van der Waals surface area contributed by atoms with E-state index in [-0.39, 0.29) is 11.9 Å². The van der Waals surface area contributed by atoms with Gasteiger partial charge in [-0.05, 0) is 24.6 Å². The van der Waals surface area contributed by atoms with Crippen molar-refractivity contribution in [1.82, 2.24) is 0 Å². The molecule has 1 unspecified atom stereocenters. The van der Waals surface area contributed by atoms with Gasteiger partial charge in [-0.3, -0.25) is 0 Å². The van der Waals surface area contributed by atoms with Crippen molar-refractivity contribution < 1.29 is 9.13 Å². The second-order valence-electron chi connectivity index (χ2n) is 4.12. The molecule has 2 nitrogen and oxygen atoms in total. The Morgan fingerprint density at radius 3 is 2.50 bits per heavy atom. The molecule has 18 heavy (non-hydrogen) atoms. The predicted octanol–water partition coefficient (Wildman–Crippen LogP) is 4.01. The van der Waals surface area contributed by atoms with Crippen molar-refractivity contribution in [3.63, 3.8) is 0 Å². The maximum atomic E-state index is 13.7. The van der Waals surface area contributed by atoms with Gasteiger partial charge in [0.2, 0.25) is 0 Å². The number of rotatable bonds is 4. The van der Waals surface area contributed by atoms with Crippen LogP contribution in [0.15, 0.2) is 48.5 Å². The molecule has 2 aromatic rings. The van der Waals surface area contributed by atoms with E-state index in [2.05, 4.69) is 5.32 Å². The summed E-state index contributed by atoms with van der Waals surface area (Å²) >= 11 is 0. The van der Waals surface area contributed by atoms with Crippen molar-refractivity contribution in [3.05, 3.63) is 59.9 Å². The lowest BCUT2D eigenvalue weighted by molar-refractivity contribution is 0.414. The molecule has 0 bridgehead atoms. The summed E-state index contributed by atoms with van der Waals surface area (Å²) in [6.45, 7) is 1.99. The first-order valence-electron chi connectivity index (χ1n) is 5.85. The summed E-state index contributed by atoms with van der Waals surface area (Å²) in [6, 6.07) is 14.6. The first-order chi connectivity index (χ1) is 8.70. The molecule has 2 rings (SSSR count). The Labute approximate surface area is 106 Å². The molecular weight excluding hydrogens is 229 g/mol. The van der Waals surface area contributed by atoms with E-state index < -0.39 is 0 Å². The highest BCUT2D eigenvalue weighted by atomic mass is 19.1. The quantitative estimate of drug-likeness (QED) is 0.878. The number of nitrogens with one attached hydrogen (secondary N) is 1. The van der Waals surface area contributed by atoms with Gasteiger partial charge in [0.1, 0.15) is 11.6 Å². The van der Waals surface area contributed by atoms with Crippen LogP contribution >= 0.6 is 0 Å². The van der Waals surface area contributed by atoms with Crippen molar-refractivity contribution in [3.8, 4) is 5.75 Å². The van der Waals surface area contributed by atoms with Crippen LogP contribution in [-0.2, 0) is 0 Å². The average Bonchev–Trinajstić information content (AvgIpc) is 2.42. The molecule has 94 valence electrons. The second kappa shape index (κ2) is 5.54. The van der Waals surface area contributed by atoms with Crippen LogP contribution in [0.4, 0.5) is 10.1 Å². The summed E-state index contributed by atoms with van der Waals surface area (Å²) in [7, 11) is 1.57. The first kappa shape index (κ1) is 12.4. The fraction of sp³-hybridized carbons (Fsp3) is 0.200. The number of hydrogen-bond donors (Lipinski definition) is 1. The molecule has 0 spiro atoms. The zero-order chi connectivity index (χ0) is 13.0. The third-order valence-electron chi connectivity index (χ3n) is 2.85. The average molecular weight is 245 g/mol. The molecule has 0 aliphatic carbocycles. The van der Waals surface area contributed by atoms with Gasteiger partial charge in [-0.2, -0.15) is 0 Å². The molecule has 0 fully saturated rings. The third kappa shape index (κ3) is 2.80. The Bertz CT molecular complexity index is 513. The van der Waals surface area contributed by atoms with Crippen LogP contribution in [-0.4, -0.2) is 7.11 Å². The molecule has 0 aromatic heterocycles. The summed E-state index contributed by atoms with van der Waals surface area (Å²) in [5.41, 5.74) is 1.56. The van der Waals surface area contributed by atoms with Gasteiger partial charge in [0.25, 0.3) is 0 Å². The van der Waals surface area contributed by atoms with Crippen LogP contribution in [0.1, 0.15) is 18.5 Å². The van der Waals surface area contributed by atoms with Gasteiger partial charge in [-0.25, -0.2) is 4.39 Å². The van der Waals surface area contributed by atoms with Gasteiger partial charge in [0.05, 0.1) is 12.8 Å². The summed E-state index contributed by atoms with van der Waals surface area (Å²) in [4.78, 5) is 0. The number of methoxy groups -OCH3 is 1. The molecule has 0 amide bonds. The fourth-order valence-corrected chi connectivity index (χ4v) is 1.80. The molecule has 0 saturated carbocycles. The van der Waals surface area contributed by atoms with Gasteiger partial charge in [-0.15, -0.1) is 0 Å². The van der Waals surface area contributed by atoms with E-state index in [1.807, 2.05) is 37.3 Å². The zero-order valence-electron chi connectivity index (χ0n) is 10.5. The normalized spacial score (nSPS) is 11.9. The molecule has 0 radical (unpaired) electrons. The smallest absolute Gasteiger partial charge is 0.146 e. The van der Waals surface area contributed by atoms with Crippen LogP contribution in [0.5, 0.6) is 5.75 Å². The van der Waals surface area contributed by atoms with E-state index >= 15 is 0 Å². The number of benzene rings is 2. The summed E-state index contributed by atoms with van der Waals surface area (Å²) in [5.74, 6) is 0.359. The summed E-state index contributed by atoms with van der Waals surface area (Å²) in [5, 5.41) is 3.15. The lowest BCUT2D eigenvalue weighted by Gasteiger charge is -2.16. The number of anilines is 1. The highest BCUT2D eigenvalue weighted by Gasteiger charge is 2.09. The Hall–Kier alpha value is -2.03. The topological polar surface area (TPSA) is 21.3 Å². The van der Waals surface area contributed by atoms with Crippen molar-refractivity contribution in [2.24, 2.45) is 0 Å². The Morgan fingerprint density at radius 1 is 1.11 bits per heavy atom. The molecule has 0 heterocycles. The van der Waals surface area contributed by atoms with E-state index in [4.69, 9.17) is 4.74 Å². The minimum absolute atomic E-state index is 0.0350. The van der Waals surface area contributed by atoms with E-state index in [0.29, 0.717) is 11.4 Å². The maximum Gasteiger partial charge on any atom is 0.146 e. The minimum Gasteiger partial charge on any atom is -0.497 e.